The van der Waals surface area contributed by atoms with E-state index >= 15 is 0 Å². The highest BCUT2D eigenvalue weighted by Gasteiger charge is 2.07. The molecule has 4 heteroatoms. The van der Waals surface area contributed by atoms with Crippen LogP contribution in [0.25, 0.3) is 0 Å². The van der Waals surface area contributed by atoms with Gasteiger partial charge in [-0.25, -0.2) is 0 Å². The molecule has 1 atom stereocenters. The predicted molar refractivity (Wildman–Crippen MR) is 77.6 cm³/mol. The monoisotopic (exact) mass is 287 g/mol. The third kappa shape index (κ3) is 4.87. The molecule has 1 aromatic rings. The number of hydrogen-bond acceptors (Lipinski definition) is 1. The van der Waals surface area contributed by atoms with Crippen molar-refractivity contribution in [3.05, 3.63) is 34.3 Å². The molecular weight excluding hydrogens is 269 g/mol. The standard InChI is InChI=1S/C14H19Cl2NO/c1-10(9-15)4-3-7-17-14(18)12-6-5-11(2)13(16)8-12/h5-6,8,10H,3-4,7,9H2,1-2H3,(H,17,18). The Hall–Kier alpha value is -0.730. The largest absolute Gasteiger partial charge is 0.352 e. The van der Waals surface area contributed by atoms with Crippen LogP contribution in [0.3, 0.4) is 0 Å². The fraction of sp³-hybridized carbons (Fsp3) is 0.500. The zero-order chi connectivity index (χ0) is 13.5. The molecule has 1 aromatic carbocycles. The Labute approximate surface area is 119 Å². The van der Waals surface area contributed by atoms with Crippen molar-refractivity contribution in [1.82, 2.24) is 5.32 Å². The molecule has 1 unspecified atom stereocenters. The lowest BCUT2D eigenvalue weighted by Gasteiger charge is -2.09. The molecule has 1 amide bonds. The van der Waals surface area contributed by atoms with Crippen LogP contribution in [-0.2, 0) is 0 Å². The molecule has 0 aromatic heterocycles. The molecule has 1 rings (SSSR count). The first kappa shape index (κ1) is 15.3. The zero-order valence-electron chi connectivity index (χ0n) is 10.8. The third-order valence-corrected chi connectivity index (χ3v) is 3.79. The molecule has 18 heavy (non-hydrogen) atoms. The van der Waals surface area contributed by atoms with Crippen LogP contribution in [0.1, 0.15) is 35.7 Å². The van der Waals surface area contributed by atoms with E-state index in [0.717, 1.165) is 18.4 Å². The highest BCUT2D eigenvalue weighted by atomic mass is 35.5. The number of alkyl halides is 1. The van der Waals surface area contributed by atoms with E-state index in [1.165, 1.54) is 0 Å². The molecule has 0 saturated heterocycles. The van der Waals surface area contributed by atoms with Crippen molar-refractivity contribution in [3.63, 3.8) is 0 Å². The molecule has 0 bridgehead atoms. The number of carbonyl (C=O) groups excluding carboxylic acids is 1. The van der Waals surface area contributed by atoms with Gasteiger partial charge < -0.3 is 5.32 Å². The van der Waals surface area contributed by atoms with Gasteiger partial charge in [0.2, 0.25) is 0 Å². The van der Waals surface area contributed by atoms with E-state index in [0.29, 0.717) is 28.9 Å². The summed E-state index contributed by atoms with van der Waals surface area (Å²) in [6.07, 6.45) is 1.97. The number of carbonyl (C=O) groups is 1. The Morgan fingerprint density at radius 3 is 2.78 bits per heavy atom. The molecule has 0 saturated carbocycles. The van der Waals surface area contributed by atoms with Crippen molar-refractivity contribution in [3.8, 4) is 0 Å². The van der Waals surface area contributed by atoms with Crippen molar-refractivity contribution in [2.75, 3.05) is 12.4 Å². The Morgan fingerprint density at radius 2 is 2.17 bits per heavy atom. The Kier molecular flexibility index (Phi) is 6.51. The van der Waals surface area contributed by atoms with Crippen LogP contribution in [0.5, 0.6) is 0 Å². The van der Waals surface area contributed by atoms with Gasteiger partial charge >= 0.3 is 0 Å². The summed E-state index contributed by atoms with van der Waals surface area (Å²) in [5.74, 6) is 1.09. The number of hydrogen-bond donors (Lipinski definition) is 1. The lowest BCUT2D eigenvalue weighted by molar-refractivity contribution is 0.0952. The van der Waals surface area contributed by atoms with Crippen molar-refractivity contribution >= 4 is 29.1 Å². The minimum absolute atomic E-state index is 0.0737. The summed E-state index contributed by atoms with van der Waals surface area (Å²) >= 11 is 11.7. The smallest absolute Gasteiger partial charge is 0.251 e. The lowest BCUT2D eigenvalue weighted by atomic mass is 10.1. The van der Waals surface area contributed by atoms with Crippen LogP contribution < -0.4 is 5.32 Å². The minimum atomic E-state index is -0.0737. The first-order valence-corrected chi connectivity index (χ1v) is 7.06. The van der Waals surface area contributed by atoms with Crippen molar-refractivity contribution in [1.29, 1.82) is 0 Å². The van der Waals surface area contributed by atoms with Gasteiger partial charge in [0.1, 0.15) is 0 Å². The number of halogens is 2. The second kappa shape index (κ2) is 7.65. The summed E-state index contributed by atoms with van der Waals surface area (Å²) in [5, 5.41) is 3.51. The lowest BCUT2D eigenvalue weighted by Crippen LogP contribution is -2.24. The van der Waals surface area contributed by atoms with Gasteiger partial charge in [0.25, 0.3) is 5.91 Å². The van der Waals surface area contributed by atoms with Crippen LogP contribution in [0.2, 0.25) is 5.02 Å². The highest BCUT2D eigenvalue weighted by Crippen LogP contribution is 2.16. The van der Waals surface area contributed by atoms with Crippen molar-refractivity contribution < 1.29 is 4.79 Å². The van der Waals surface area contributed by atoms with Gasteiger partial charge in [-0.3, -0.25) is 4.79 Å². The molecule has 0 spiro atoms. The number of benzene rings is 1. The number of amides is 1. The van der Waals surface area contributed by atoms with Gasteiger partial charge in [-0.1, -0.05) is 24.6 Å². The second-order valence-corrected chi connectivity index (χ2v) is 5.34. The number of nitrogens with one attached hydrogen (secondary N) is 1. The Balaban J connectivity index is 2.39. The molecule has 0 aliphatic heterocycles. The summed E-state index contributed by atoms with van der Waals surface area (Å²) in [7, 11) is 0. The zero-order valence-corrected chi connectivity index (χ0v) is 12.3. The van der Waals surface area contributed by atoms with Gasteiger partial charge in [-0.05, 0) is 43.4 Å². The van der Waals surface area contributed by atoms with Crippen LogP contribution in [0, 0.1) is 12.8 Å². The summed E-state index contributed by atoms with van der Waals surface area (Å²) in [6, 6.07) is 5.35. The van der Waals surface area contributed by atoms with Crippen molar-refractivity contribution in [2.45, 2.75) is 26.7 Å². The molecule has 2 nitrogen and oxygen atoms in total. The fourth-order valence-electron chi connectivity index (χ4n) is 1.57. The first-order chi connectivity index (χ1) is 8.54. The molecule has 100 valence electrons. The second-order valence-electron chi connectivity index (χ2n) is 4.62. The van der Waals surface area contributed by atoms with E-state index in [-0.39, 0.29) is 5.91 Å². The molecule has 0 heterocycles. The van der Waals surface area contributed by atoms with Crippen molar-refractivity contribution in [2.24, 2.45) is 5.92 Å². The van der Waals surface area contributed by atoms with Gasteiger partial charge in [-0.2, -0.15) is 0 Å². The van der Waals surface area contributed by atoms with Crippen LogP contribution in [0.4, 0.5) is 0 Å². The number of aryl methyl sites for hydroxylation is 1. The molecule has 0 aliphatic carbocycles. The normalized spacial score (nSPS) is 12.2. The van der Waals surface area contributed by atoms with Crippen LogP contribution >= 0.6 is 23.2 Å². The average Bonchev–Trinajstić information content (AvgIpc) is 2.37. The highest BCUT2D eigenvalue weighted by molar-refractivity contribution is 6.31. The van der Waals surface area contributed by atoms with Gasteiger partial charge in [-0.15, -0.1) is 11.6 Å². The predicted octanol–water partition coefficient (Wildman–Crippen LogP) is 4.03. The van der Waals surface area contributed by atoms with Crippen LogP contribution in [-0.4, -0.2) is 18.3 Å². The van der Waals surface area contributed by atoms with E-state index in [4.69, 9.17) is 23.2 Å². The van der Waals surface area contributed by atoms with E-state index in [1.54, 1.807) is 12.1 Å². The van der Waals surface area contributed by atoms with Gasteiger partial charge in [0, 0.05) is 23.0 Å². The molecule has 1 N–H and O–H groups in total. The Bertz CT molecular complexity index is 407. The molecule has 0 radical (unpaired) electrons. The van der Waals surface area contributed by atoms with E-state index in [2.05, 4.69) is 12.2 Å². The SMILES string of the molecule is Cc1ccc(C(=O)NCCCC(C)CCl)cc1Cl. The first-order valence-electron chi connectivity index (χ1n) is 6.15. The summed E-state index contributed by atoms with van der Waals surface area (Å²) < 4.78 is 0. The quantitative estimate of drug-likeness (QED) is 0.621. The summed E-state index contributed by atoms with van der Waals surface area (Å²) in [4.78, 5) is 11.8. The van der Waals surface area contributed by atoms with Crippen LogP contribution in [0.15, 0.2) is 18.2 Å². The minimum Gasteiger partial charge on any atom is -0.352 e. The summed E-state index contributed by atoms with van der Waals surface area (Å²) in [6.45, 7) is 4.69. The molecule has 0 aliphatic rings. The average molecular weight is 288 g/mol. The maximum atomic E-state index is 11.8. The molecule has 0 fully saturated rings. The van der Waals surface area contributed by atoms with Gasteiger partial charge in [0.05, 0.1) is 0 Å². The topological polar surface area (TPSA) is 29.1 Å². The van der Waals surface area contributed by atoms with E-state index in [1.807, 2.05) is 13.0 Å². The van der Waals surface area contributed by atoms with E-state index < -0.39 is 0 Å². The maximum Gasteiger partial charge on any atom is 0.251 e. The summed E-state index contributed by atoms with van der Waals surface area (Å²) in [5.41, 5.74) is 1.58. The van der Waals surface area contributed by atoms with Gasteiger partial charge in [0.15, 0.2) is 0 Å². The fourth-order valence-corrected chi connectivity index (χ4v) is 1.90. The molecular formula is C14H19Cl2NO. The Morgan fingerprint density at radius 1 is 1.44 bits per heavy atom. The maximum absolute atomic E-state index is 11.8. The van der Waals surface area contributed by atoms with E-state index in [9.17, 15) is 4.79 Å². The third-order valence-electron chi connectivity index (χ3n) is 2.86. The number of rotatable bonds is 6.